The molecule has 1 aromatic heterocycles. The fourth-order valence-electron chi connectivity index (χ4n) is 3.57. The van der Waals surface area contributed by atoms with Crippen molar-refractivity contribution >= 4 is 21.4 Å². The molecule has 1 saturated heterocycles. The Morgan fingerprint density at radius 3 is 2.50 bits per heavy atom. The van der Waals surface area contributed by atoms with Crippen LogP contribution in [0.1, 0.15) is 10.6 Å². The highest BCUT2D eigenvalue weighted by Crippen LogP contribution is 2.29. The number of hydrogen-bond acceptors (Lipinski definition) is 6. The number of benzene rings is 2. The second kappa shape index (κ2) is 8.85. The normalized spacial score (nSPS) is 15.9. The minimum Gasteiger partial charge on any atom is -0.495 e. The number of nitrogens with zero attached hydrogens (tertiary/aromatic N) is 3. The lowest BCUT2D eigenvalue weighted by Crippen LogP contribution is -2.48. The number of thiazole rings is 1. The first kappa shape index (κ1) is 21.0. The predicted octanol–water partition coefficient (Wildman–Crippen LogP) is 3.63. The lowest BCUT2D eigenvalue weighted by molar-refractivity contribution is 0.181. The van der Waals surface area contributed by atoms with Gasteiger partial charge in [-0.15, -0.1) is 11.3 Å². The standard InChI is InChI=1S/C22H25N3O3S2/c1-17-8-9-20(28-2)21(14-17)30(26,27)25-12-10-24(11-13-25)15-22-23-19(16-29-22)18-6-4-3-5-7-18/h3-9,14,16H,10-13,15H2,1-2H3. The Balaban J connectivity index is 1.41. The first-order valence-electron chi connectivity index (χ1n) is 9.84. The number of aromatic nitrogens is 1. The number of rotatable bonds is 6. The quantitative estimate of drug-likeness (QED) is 0.582. The molecule has 6 nitrogen and oxygen atoms in total. The number of aryl methyl sites for hydroxylation is 1. The van der Waals surface area contributed by atoms with Crippen molar-refractivity contribution in [2.75, 3.05) is 33.3 Å². The van der Waals surface area contributed by atoms with Gasteiger partial charge in [0.1, 0.15) is 15.7 Å². The molecule has 0 saturated carbocycles. The van der Waals surface area contributed by atoms with Crippen LogP contribution in [0.3, 0.4) is 0 Å². The maximum absolute atomic E-state index is 13.2. The van der Waals surface area contributed by atoms with E-state index in [9.17, 15) is 8.42 Å². The SMILES string of the molecule is COc1ccc(C)cc1S(=O)(=O)N1CCN(Cc2nc(-c3ccccc3)cs2)CC1. The van der Waals surface area contributed by atoms with E-state index in [-0.39, 0.29) is 4.90 Å². The first-order chi connectivity index (χ1) is 14.5. The van der Waals surface area contributed by atoms with Crippen LogP contribution in [0.5, 0.6) is 5.75 Å². The average Bonchev–Trinajstić information content (AvgIpc) is 3.23. The third-order valence-electron chi connectivity index (χ3n) is 5.25. The zero-order valence-electron chi connectivity index (χ0n) is 17.1. The molecule has 0 amide bonds. The van der Waals surface area contributed by atoms with Crippen molar-refractivity contribution in [2.45, 2.75) is 18.4 Å². The molecule has 0 radical (unpaired) electrons. The first-order valence-corrected chi connectivity index (χ1v) is 12.2. The number of piperazine rings is 1. The van der Waals surface area contributed by atoms with Crippen LogP contribution in [0.15, 0.2) is 58.8 Å². The van der Waals surface area contributed by atoms with E-state index >= 15 is 0 Å². The van der Waals surface area contributed by atoms with Crippen molar-refractivity contribution in [3.8, 4) is 17.0 Å². The summed E-state index contributed by atoms with van der Waals surface area (Å²) < 4.78 is 33.2. The Hall–Kier alpha value is -2.26. The van der Waals surface area contributed by atoms with E-state index in [1.807, 2.05) is 31.2 Å². The van der Waals surface area contributed by atoms with E-state index in [4.69, 9.17) is 9.72 Å². The van der Waals surface area contributed by atoms with Crippen molar-refractivity contribution in [3.63, 3.8) is 0 Å². The van der Waals surface area contributed by atoms with Gasteiger partial charge in [0.25, 0.3) is 0 Å². The number of ether oxygens (including phenoxy) is 1. The minimum absolute atomic E-state index is 0.242. The molecule has 0 spiro atoms. The predicted molar refractivity (Wildman–Crippen MR) is 119 cm³/mol. The van der Waals surface area contributed by atoms with Gasteiger partial charge in [0.05, 0.1) is 19.3 Å². The summed E-state index contributed by atoms with van der Waals surface area (Å²) in [7, 11) is -2.09. The van der Waals surface area contributed by atoms with Gasteiger partial charge in [0, 0.05) is 37.1 Å². The van der Waals surface area contributed by atoms with Crippen LogP contribution < -0.4 is 4.74 Å². The molecule has 3 aromatic rings. The van der Waals surface area contributed by atoms with Gasteiger partial charge in [-0.3, -0.25) is 4.90 Å². The van der Waals surface area contributed by atoms with Gasteiger partial charge < -0.3 is 4.74 Å². The van der Waals surface area contributed by atoms with Gasteiger partial charge in [0.15, 0.2) is 0 Å². The smallest absolute Gasteiger partial charge is 0.246 e. The summed E-state index contributed by atoms with van der Waals surface area (Å²) in [5.41, 5.74) is 3.00. The third kappa shape index (κ3) is 4.41. The lowest BCUT2D eigenvalue weighted by atomic mass is 10.2. The molecule has 0 atom stereocenters. The summed E-state index contributed by atoms with van der Waals surface area (Å²) in [6.07, 6.45) is 0. The van der Waals surface area contributed by atoms with Gasteiger partial charge in [-0.2, -0.15) is 4.31 Å². The van der Waals surface area contributed by atoms with E-state index in [0.29, 0.717) is 31.9 Å². The van der Waals surface area contributed by atoms with E-state index in [0.717, 1.165) is 28.4 Å². The molecule has 1 aliphatic rings. The summed E-state index contributed by atoms with van der Waals surface area (Å²) in [5, 5.41) is 3.13. The molecule has 4 rings (SSSR count). The van der Waals surface area contributed by atoms with Gasteiger partial charge in [0.2, 0.25) is 10.0 Å². The van der Waals surface area contributed by atoms with Crippen molar-refractivity contribution < 1.29 is 13.2 Å². The highest BCUT2D eigenvalue weighted by atomic mass is 32.2. The molecule has 1 fully saturated rings. The van der Waals surface area contributed by atoms with Crippen LogP contribution in [-0.4, -0.2) is 55.9 Å². The topological polar surface area (TPSA) is 62.7 Å². The Kier molecular flexibility index (Phi) is 6.19. The molecule has 2 aromatic carbocycles. The highest BCUT2D eigenvalue weighted by Gasteiger charge is 2.31. The molecule has 1 aliphatic heterocycles. The van der Waals surface area contributed by atoms with Gasteiger partial charge in [-0.25, -0.2) is 13.4 Å². The van der Waals surface area contributed by atoms with Gasteiger partial charge >= 0.3 is 0 Å². The van der Waals surface area contributed by atoms with Gasteiger partial charge in [-0.1, -0.05) is 36.4 Å². The molecule has 0 N–H and O–H groups in total. The van der Waals surface area contributed by atoms with Crippen LogP contribution in [-0.2, 0) is 16.6 Å². The molecule has 158 valence electrons. The molecule has 8 heteroatoms. The monoisotopic (exact) mass is 443 g/mol. The maximum atomic E-state index is 13.2. The van der Waals surface area contributed by atoms with Crippen LogP contribution in [0, 0.1) is 6.92 Å². The van der Waals surface area contributed by atoms with Crippen molar-refractivity contribution in [1.29, 1.82) is 0 Å². The number of methoxy groups -OCH3 is 1. The number of sulfonamides is 1. The summed E-state index contributed by atoms with van der Waals surface area (Å²) in [6, 6.07) is 15.4. The molecule has 0 unspecified atom stereocenters. The van der Waals surface area contributed by atoms with Crippen molar-refractivity contribution in [2.24, 2.45) is 0 Å². The summed E-state index contributed by atoms with van der Waals surface area (Å²) in [6.45, 7) is 4.88. The van der Waals surface area contributed by atoms with Crippen LogP contribution in [0.25, 0.3) is 11.3 Å². The van der Waals surface area contributed by atoms with E-state index in [2.05, 4.69) is 22.4 Å². The Morgan fingerprint density at radius 2 is 1.80 bits per heavy atom. The molecule has 0 aliphatic carbocycles. The maximum Gasteiger partial charge on any atom is 0.246 e. The number of hydrogen-bond donors (Lipinski definition) is 0. The van der Waals surface area contributed by atoms with Gasteiger partial charge in [-0.05, 0) is 24.6 Å². The summed E-state index contributed by atoms with van der Waals surface area (Å²) in [4.78, 5) is 7.25. The van der Waals surface area contributed by atoms with E-state index < -0.39 is 10.0 Å². The van der Waals surface area contributed by atoms with Crippen LogP contribution in [0.2, 0.25) is 0 Å². The van der Waals surface area contributed by atoms with Crippen LogP contribution in [0.4, 0.5) is 0 Å². The molecular weight excluding hydrogens is 418 g/mol. The Morgan fingerprint density at radius 1 is 1.07 bits per heavy atom. The molecule has 0 bridgehead atoms. The molecular formula is C22H25N3O3S2. The second-order valence-corrected chi connectivity index (χ2v) is 10.2. The largest absolute Gasteiger partial charge is 0.495 e. The Labute approximate surface area is 181 Å². The van der Waals surface area contributed by atoms with Crippen molar-refractivity contribution in [3.05, 3.63) is 64.5 Å². The fraction of sp³-hybridized carbons (Fsp3) is 0.318. The zero-order chi connectivity index (χ0) is 21.1. The fourth-order valence-corrected chi connectivity index (χ4v) is 6.08. The van der Waals surface area contributed by atoms with Crippen molar-refractivity contribution in [1.82, 2.24) is 14.2 Å². The Bertz CT molecular complexity index is 1110. The van der Waals surface area contributed by atoms with Crippen LogP contribution >= 0.6 is 11.3 Å². The van der Waals surface area contributed by atoms with E-state index in [1.165, 1.54) is 7.11 Å². The second-order valence-electron chi connectivity index (χ2n) is 7.33. The minimum atomic E-state index is -3.59. The molecule has 30 heavy (non-hydrogen) atoms. The lowest BCUT2D eigenvalue weighted by Gasteiger charge is -2.33. The zero-order valence-corrected chi connectivity index (χ0v) is 18.7. The third-order valence-corrected chi connectivity index (χ3v) is 8.00. The molecule has 2 heterocycles. The van der Waals surface area contributed by atoms with E-state index in [1.54, 1.807) is 27.8 Å². The highest BCUT2D eigenvalue weighted by molar-refractivity contribution is 7.89. The summed E-state index contributed by atoms with van der Waals surface area (Å²) >= 11 is 1.65. The summed E-state index contributed by atoms with van der Waals surface area (Å²) in [5.74, 6) is 0.388. The average molecular weight is 444 g/mol.